The van der Waals surface area contributed by atoms with Gasteiger partial charge in [-0.3, -0.25) is 4.79 Å². The number of halogens is 2. The van der Waals surface area contributed by atoms with Crippen molar-refractivity contribution in [3.05, 3.63) is 29.8 Å². The van der Waals surface area contributed by atoms with Crippen molar-refractivity contribution in [1.29, 1.82) is 0 Å². The average Bonchev–Trinajstić information content (AvgIpc) is 2.18. The van der Waals surface area contributed by atoms with Gasteiger partial charge in [-0.25, -0.2) is 8.78 Å². The van der Waals surface area contributed by atoms with E-state index in [9.17, 15) is 13.6 Å². The summed E-state index contributed by atoms with van der Waals surface area (Å²) in [4.78, 5) is 10.9. The van der Waals surface area contributed by atoms with E-state index in [1.54, 1.807) is 24.3 Å². The standard InChI is InChI=1S/C11H12F2O2/c1-8(14)9-2-4-10(5-3-9)15-7-6-11(12)13/h2-5,11H,6-7H2,1H3. The Morgan fingerprint density at radius 1 is 1.33 bits per heavy atom. The lowest BCUT2D eigenvalue weighted by Gasteiger charge is -2.05. The Kier molecular flexibility index (Phi) is 4.21. The van der Waals surface area contributed by atoms with Gasteiger partial charge in [-0.2, -0.15) is 0 Å². The molecule has 0 aliphatic carbocycles. The van der Waals surface area contributed by atoms with Crippen LogP contribution in [-0.4, -0.2) is 18.8 Å². The fraction of sp³-hybridized carbons (Fsp3) is 0.364. The van der Waals surface area contributed by atoms with E-state index >= 15 is 0 Å². The van der Waals surface area contributed by atoms with Crippen LogP contribution < -0.4 is 4.74 Å². The van der Waals surface area contributed by atoms with Gasteiger partial charge in [0, 0.05) is 12.0 Å². The number of rotatable bonds is 5. The van der Waals surface area contributed by atoms with Crippen LogP contribution in [0.4, 0.5) is 8.78 Å². The number of carbonyl (C=O) groups excluding carboxylic acids is 1. The number of alkyl halides is 2. The largest absolute Gasteiger partial charge is 0.493 e. The SMILES string of the molecule is CC(=O)c1ccc(OCCC(F)F)cc1. The van der Waals surface area contributed by atoms with Gasteiger partial charge < -0.3 is 4.74 Å². The maximum atomic E-state index is 11.8. The van der Waals surface area contributed by atoms with E-state index in [1.165, 1.54) is 6.92 Å². The molecule has 0 saturated heterocycles. The van der Waals surface area contributed by atoms with Crippen molar-refractivity contribution in [3.8, 4) is 5.75 Å². The van der Waals surface area contributed by atoms with E-state index in [2.05, 4.69) is 0 Å². The highest BCUT2D eigenvalue weighted by atomic mass is 19.3. The highest BCUT2D eigenvalue weighted by Gasteiger charge is 2.03. The van der Waals surface area contributed by atoms with Crippen LogP contribution >= 0.6 is 0 Å². The minimum absolute atomic E-state index is 0.0168. The van der Waals surface area contributed by atoms with Gasteiger partial charge in [0.1, 0.15) is 5.75 Å². The highest BCUT2D eigenvalue weighted by Crippen LogP contribution is 2.13. The Labute approximate surface area is 86.9 Å². The molecule has 1 aromatic rings. The lowest BCUT2D eigenvalue weighted by molar-refractivity contribution is 0.101. The quantitative estimate of drug-likeness (QED) is 0.704. The zero-order valence-electron chi connectivity index (χ0n) is 8.37. The molecule has 0 aliphatic heterocycles. The third-order valence-corrected chi connectivity index (χ3v) is 1.87. The van der Waals surface area contributed by atoms with Crippen LogP contribution in [0.5, 0.6) is 5.75 Å². The summed E-state index contributed by atoms with van der Waals surface area (Å²) in [5.41, 5.74) is 0.580. The Hall–Kier alpha value is -1.45. The third-order valence-electron chi connectivity index (χ3n) is 1.87. The van der Waals surface area contributed by atoms with Gasteiger partial charge in [0.2, 0.25) is 6.43 Å². The second-order valence-corrected chi connectivity index (χ2v) is 3.11. The van der Waals surface area contributed by atoms with Gasteiger partial charge in [0.05, 0.1) is 6.61 Å². The first kappa shape index (κ1) is 11.6. The van der Waals surface area contributed by atoms with Gasteiger partial charge in [0.25, 0.3) is 0 Å². The maximum absolute atomic E-state index is 11.8. The fourth-order valence-corrected chi connectivity index (χ4v) is 1.05. The van der Waals surface area contributed by atoms with Gasteiger partial charge in [-0.15, -0.1) is 0 Å². The molecule has 4 heteroatoms. The minimum Gasteiger partial charge on any atom is -0.493 e. The Morgan fingerprint density at radius 2 is 1.93 bits per heavy atom. The molecular weight excluding hydrogens is 202 g/mol. The molecule has 2 nitrogen and oxygen atoms in total. The average molecular weight is 214 g/mol. The van der Waals surface area contributed by atoms with Crippen molar-refractivity contribution in [1.82, 2.24) is 0 Å². The lowest BCUT2D eigenvalue weighted by atomic mass is 10.1. The predicted molar refractivity (Wildman–Crippen MR) is 52.6 cm³/mol. The number of Topliss-reactive ketones (excluding diaryl/α,β-unsaturated/α-hetero) is 1. The summed E-state index contributed by atoms with van der Waals surface area (Å²) in [6, 6.07) is 6.42. The molecular formula is C11H12F2O2. The number of carbonyl (C=O) groups is 1. The summed E-state index contributed by atoms with van der Waals surface area (Å²) < 4.78 is 28.6. The van der Waals surface area contributed by atoms with E-state index in [4.69, 9.17) is 4.74 Å². The minimum atomic E-state index is -2.35. The van der Waals surface area contributed by atoms with Crippen LogP contribution in [-0.2, 0) is 0 Å². The number of ether oxygens (including phenoxy) is 1. The lowest BCUT2D eigenvalue weighted by Crippen LogP contribution is -2.03. The Bertz CT molecular complexity index is 320. The van der Waals surface area contributed by atoms with Crippen LogP contribution in [0.25, 0.3) is 0 Å². The summed E-state index contributed by atoms with van der Waals surface area (Å²) in [5.74, 6) is 0.467. The van der Waals surface area contributed by atoms with Crippen molar-refractivity contribution in [2.24, 2.45) is 0 Å². The van der Waals surface area contributed by atoms with E-state index in [1.807, 2.05) is 0 Å². The molecule has 0 heterocycles. The summed E-state index contributed by atoms with van der Waals surface area (Å²) in [6.45, 7) is 1.45. The topological polar surface area (TPSA) is 26.3 Å². The molecule has 82 valence electrons. The smallest absolute Gasteiger partial charge is 0.241 e. The first-order valence-electron chi connectivity index (χ1n) is 4.61. The molecule has 0 aliphatic rings. The monoisotopic (exact) mass is 214 g/mol. The summed E-state index contributed by atoms with van der Waals surface area (Å²) >= 11 is 0. The van der Waals surface area contributed by atoms with Crippen LogP contribution in [0.1, 0.15) is 23.7 Å². The Morgan fingerprint density at radius 3 is 2.40 bits per heavy atom. The molecule has 0 radical (unpaired) electrons. The fourth-order valence-electron chi connectivity index (χ4n) is 1.05. The van der Waals surface area contributed by atoms with E-state index < -0.39 is 6.43 Å². The molecule has 0 saturated carbocycles. The molecule has 0 spiro atoms. The Balaban J connectivity index is 2.46. The van der Waals surface area contributed by atoms with Gasteiger partial charge in [-0.05, 0) is 31.2 Å². The molecule has 15 heavy (non-hydrogen) atoms. The molecule has 1 rings (SSSR count). The molecule has 0 amide bonds. The van der Waals surface area contributed by atoms with Crippen molar-refractivity contribution in [3.63, 3.8) is 0 Å². The van der Waals surface area contributed by atoms with Crippen molar-refractivity contribution >= 4 is 5.78 Å². The predicted octanol–water partition coefficient (Wildman–Crippen LogP) is 2.92. The summed E-state index contributed by atoms with van der Waals surface area (Å²) in [5, 5.41) is 0. The van der Waals surface area contributed by atoms with E-state index in [-0.39, 0.29) is 18.8 Å². The van der Waals surface area contributed by atoms with Crippen LogP contribution in [0.15, 0.2) is 24.3 Å². The number of hydrogen-bond acceptors (Lipinski definition) is 2. The molecule has 0 bridgehead atoms. The molecule has 0 fully saturated rings. The van der Waals surface area contributed by atoms with Gasteiger partial charge in [-0.1, -0.05) is 0 Å². The second-order valence-electron chi connectivity index (χ2n) is 3.11. The zero-order chi connectivity index (χ0) is 11.3. The molecule has 0 aromatic heterocycles. The van der Waals surface area contributed by atoms with Gasteiger partial charge >= 0.3 is 0 Å². The highest BCUT2D eigenvalue weighted by molar-refractivity contribution is 5.94. The van der Waals surface area contributed by atoms with Crippen molar-refractivity contribution < 1.29 is 18.3 Å². The summed E-state index contributed by atoms with van der Waals surface area (Å²) in [7, 11) is 0. The van der Waals surface area contributed by atoms with E-state index in [0.29, 0.717) is 11.3 Å². The molecule has 0 unspecified atom stereocenters. The second kappa shape index (κ2) is 5.44. The van der Waals surface area contributed by atoms with Crippen LogP contribution in [0.2, 0.25) is 0 Å². The first-order chi connectivity index (χ1) is 7.09. The third kappa shape index (κ3) is 4.06. The maximum Gasteiger partial charge on any atom is 0.241 e. The zero-order valence-corrected chi connectivity index (χ0v) is 8.37. The van der Waals surface area contributed by atoms with Crippen LogP contribution in [0.3, 0.4) is 0 Å². The molecule has 0 N–H and O–H groups in total. The van der Waals surface area contributed by atoms with Crippen LogP contribution in [0, 0.1) is 0 Å². The number of ketones is 1. The molecule has 0 atom stereocenters. The summed E-state index contributed by atoms with van der Waals surface area (Å²) in [6.07, 6.45) is -2.63. The van der Waals surface area contributed by atoms with E-state index in [0.717, 1.165) is 0 Å². The normalized spacial score (nSPS) is 10.4. The van der Waals surface area contributed by atoms with Crippen molar-refractivity contribution in [2.75, 3.05) is 6.61 Å². The molecule has 1 aromatic carbocycles. The van der Waals surface area contributed by atoms with Gasteiger partial charge in [0.15, 0.2) is 5.78 Å². The number of hydrogen-bond donors (Lipinski definition) is 0. The number of benzene rings is 1. The van der Waals surface area contributed by atoms with Crippen molar-refractivity contribution in [2.45, 2.75) is 19.8 Å². The first-order valence-corrected chi connectivity index (χ1v) is 4.61.